The second-order valence-corrected chi connectivity index (χ2v) is 9.41. The molecule has 9 heteroatoms. The maximum Gasteiger partial charge on any atom is 0.274 e. The SMILES string of the molecule is CCC[C@H]1CCCCN1C(=O)c1c(Cl)cccc1OCc1cc(=O)n2[nH]c(-c3ccccc3)nc2n1. The standard InChI is InChI=1S/C27H28ClN5O3/c1-2-9-20-12-6-7-15-32(20)26(35)24-21(28)13-8-14-22(24)36-17-19-16-23(34)33-27(29-19)30-25(31-33)18-10-4-3-5-11-18/h3-5,8,10-11,13-14,16,20H,2,6-7,9,12,15,17H2,1H3,(H,29,30,31)/t20-/m0/s1. The van der Waals surface area contributed by atoms with E-state index < -0.39 is 0 Å². The minimum Gasteiger partial charge on any atom is -0.486 e. The lowest BCUT2D eigenvalue weighted by molar-refractivity contribution is 0.0596. The van der Waals surface area contributed by atoms with E-state index in [0.29, 0.717) is 34.4 Å². The first-order valence-electron chi connectivity index (χ1n) is 12.3. The molecule has 1 N–H and O–H groups in total. The third-order valence-corrected chi connectivity index (χ3v) is 6.82. The lowest BCUT2D eigenvalue weighted by atomic mass is 9.97. The van der Waals surface area contributed by atoms with Gasteiger partial charge in [0.1, 0.15) is 17.9 Å². The van der Waals surface area contributed by atoms with Gasteiger partial charge in [-0.3, -0.25) is 14.7 Å². The van der Waals surface area contributed by atoms with Crippen molar-refractivity contribution in [3.8, 4) is 17.1 Å². The molecule has 4 aromatic rings. The average molecular weight is 506 g/mol. The van der Waals surface area contributed by atoms with Gasteiger partial charge in [-0.15, -0.1) is 0 Å². The summed E-state index contributed by atoms with van der Waals surface area (Å²) < 4.78 is 7.32. The fourth-order valence-electron chi connectivity index (χ4n) is 4.76. The molecule has 2 aromatic heterocycles. The van der Waals surface area contributed by atoms with E-state index in [2.05, 4.69) is 22.0 Å². The molecule has 1 aliphatic rings. The summed E-state index contributed by atoms with van der Waals surface area (Å²) in [6.45, 7) is 2.85. The molecule has 8 nitrogen and oxygen atoms in total. The van der Waals surface area contributed by atoms with Gasteiger partial charge in [0.25, 0.3) is 17.2 Å². The van der Waals surface area contributed by atoms with Crippen LogP contribution in [0.15, 0.2) is 59.4 Å². The fraction of sp³-hybridized carbons (Fsp3) is 0.333. The number of carbonyl (C=O) groups is 1. The first kappa shape index (κ1) is 24.1. The number of nitrogens with zero attached hydrogens (tertiary/aromatic N) is 4. The normalized spacial score (nSPS) is 15.8. The third kappa shape index (κ3) is 4.86. The number of nitrogens with one attached hydrogen (secondary N) is 1. The number of halogens is 1. The number of aromatic amines is 1. The van der Waals surface area contributed by atoms with Crippen molar-refractivity contribution in [3.63, 3.8) is 0 Å². The molecule has 0 spiro atoms. The van der Waals surface area contributed by atoms with Crippen molar-refractivity contribution in [2.45, 2.75) is 51.7 Å². The molecule has 1 fully saturated rings. The van der Waals surface area contributed by atoms with Gasteiger partial charge >= 0.3 is 0 Å². The molecule has 36 heavy (non-hydrogen) atoms. The van der Waals surface area contributed by atoms with Crippen molar-refractivity contribution in [2.24, 2.45) is 0 Å². The lowest BCUT2D eigenvalue weighted by Crippen LogP contribution is -2.43. The Balaban J connectivity index is 1.40. The zero-order valence-electron chi connectivity index (χ0n) is 20.1. The maximum atomic E-state index is 13.6. The van der Waals surface area contributed by atoms with Crippen LogP contribution in [-0.4, -0.2) is 43.0 Å². The largest absolute Gasteiger partial charge is 0.486 e. The highest BCUT2D eigenvalue weighted by atomic mass is 35.5. The zero-order valence-corrected chi connectivity index (χ0v) is 20.9. The maximum absolute atomic E-state index is 13.6. The molecule has 2 aromatic carbocycles. The summed E-state index contributed by atoms with van der Waals surface area (Å²) in [7, 11) is 0. The molecule has 1 saturated heterocycles. The highest BCUT2D eigenvalue weighted by Gasteiger charge is 2.30. The number of fused-ring (bicyclic) bond motifs is 1. The predicted octanol–water partition coefficient (Wildman–Crippen LogP) is 5.11. The number of hydrogen-bond acceptors (Lipinski definition) is 5. The van der Waals surface area contributed by atoms with Crippen LogP contribution in [-0.2, 0) is 6.61 Å². The number of rotatable bonds is 7. The molecule has 0 aliphatic carbocycles. The number of likely N-dealkylation sites (tertiary alicyclic amines) is 1. The summed E-state index contributed by atoms with van der Waals surface area (Å²) in [5.74, 6) is 1.06. The van der Waals surface area contributed by atoms with E-state index in [0.717, 1.165) is 37.7 Å². The van der Waals surface area contributed by atoms with E-state index in [1.54, 1.807) is 18.2 Å². The van der Waals surface area contributed by atoms with Crippen LogP contribution in [0.4, 0.5) is 0 Å². The van der Waals surface area contributed by atoms with Gasteiger partial charge in [0, 0.05) is 24.2 Å². The summed E-state index contributed by atoms with van der Waals surface area (Å²) in [5, 5.41) is 3.33. The zero-order chi connectivity index (χ0) is 25.1. The van der Waals surface area contributed by atoms with E-state index in [9.17, 15) is 9.59 Å². The Hall–Kier alpha value is -3.65. The van der Waals surface area contributed by atoms with Gasteiger partial charge in [0.15, 0.2) is 5.82 Å². The van der Waals surface area contributed by atoms with Gasteiger partial charge in [0.05, 0.1) is 10.7 Å². The minimum atomic E-state index is -0.300. The lowest BCUT2D eigenvalue weighted by Gasteiger charge is -2.36. The molecular formula is C27H28ClN5O3. The number of aromatic nitrogens is 4. The van der Waals surface area contributed by atoms with Gasteiger partial charge in [-0.25, -0.2) is 4.98 Å². The van der Waals surface area contributed by atoms with E-state index in [-0.39, 0.29) is 29.9 Å². The summed E-state index contributed by atoms with van der Waals surface area (Å²) in [4.78, 5) is 37.2. The van der Waals surface area contributed by atoms with E-state index in [1.165, 1.54) is 10.6 Å². The molecule has 3 heterocycles. The van der Waals surface area contributed by atoms with Gasteiger partial charge in [-0.1, -0.05) is 61.3 Å². The second-order valence-electron chi connectivity index (χ2n) is 9.00. The van der Waals surface area contributed by atoms with Crippen LogP contribution in [0, 0.1) is 0 Å². The van der Waals surface area contributed by atoms with Crippen LogP contribution in [0.25, 0.3) is 17.2 Å². The van der Waals surface area contributed by atoms with Crippen molar-refractivity contribution in [1.82, 2.24) is 24.5 Å². The van der Waals surface area contributed by atoms with Crippen molar-refractivity contribution in [2.75, 3.05) is 6.54 Å². The van der Waals surface area contributed by atoms with E-state index in [4.69, 9.17) is 16.3 Å². The monoisotopic (exact) mass is 505 g/mol. The third-order valence-electron chi connectivity index (χ3n) is 6.51. The van der Waals surface area contributed by atoms with Crippen molar-refractivity contribution in [1.29, 1.82) is 0 Å². The van der Waals surface area contributed by atoms with Crippen molar-refractivity contribution < 1.29 is 9.53 Å². The second kappa shape index (κ2) is 10.5. The Morgan fingerprint density at radius 1 is 1.14 bits per heavy atom. The van der Waals surface area contributed by atoms with E-state index in [1.807, 2.05) is 35.2 Å². The number of ether oxygens (including phenoxy) is 1. The molecule has 1 aliphatic heterocycles. The molecule has 0 unspecified atom stereocenters. The molecule has 5 rings (SSSR count). The van der Waals surface area contributed by atoms with Crippen LogP contribution >= 0.6 is 11.6 Å². The van der Waals surface area contributed by atoms with Crippen LogP contribution in [0.3, 0.4) is 0 Å². The minimum absolute atomic E-state index is 0.00171. The van der Waals surface area contributed by atoms with Crippen LogP contribution in [0.1, 0.15) is 55.1 Å². The fourth-order valence-corrected chi connectivity index (χ4v) is 5.00. The Kier molecular flexibility index (Phi) is 7.04. The smallest absolute Gasteiger partial charge is 0.274 e. The van der Waals surface area contributed by atoms with Crippen LogP contribution in [0.5, 0.6) is 5.75 Å². The Morgan fingerprint density at radius 2 is 1.97 bits per heavy atom. The first-order valence-corrected chi connectivity index (χ1v) is 12.7. The molecular weight excluding hydrogens is 478 g/mol. The van der Waals surface area contributed by atoms with Gasteiger partial charge < -0.3 is 9.64 Å². The number of piperidine rings is 1. The number of benzene rings is 2. The molecule has 0 saturated carbocycles. The summed E-state index contributed by atoms with van der Waals surface area (Å²) >= 11 is 6.50. The van der Waals surface area contributed by atoms with Crippen molar-refractivity contribution >= 4 is 23.3 Å². The Labute approximate surface area is 213 Å². The number of H-pyrrole nitrogens is 1. The number of carbonyl (C=O) groups excluding carboxylic acids is 1. The predicted molar refractivity (Wildman–Crippen MR) is 138 cm³/mol. The highest BCUT2D eigenvalue weighted by Crippen LogP contribution is 2.31. The highest BCUT2D eigenvalue weighted by molar-refractivity contribution is 6.34. The Morgan fingerprint density at radius 3 is 2.78 bits per heavy atom. The molecule has 1 atom stereocenters. The van der Waals surface area contributed by atoms with Gasteiger partial charge in [-0.2, -0.15) is 9.50 Å². The van der Waals surface area contributed by atoms with E-state index >= 15 is 0 Å². The Bertz CT molecular complexity index is 1430. The first-order chi connectivity index (χ1) is 17.5. The molecule has 1 amide bonds. The average Bonchev–Trinajstić information content (AvgIpc) is 3.33. The van der Waals surface area contributed by atoms with Crippen LogP contribution < -0.4 is 10.3 Å². The summed E-state index contributed by atoms with van der Waals surface area (Å²) in [6.07, 6.45) is 5.10. The summed E-state index contributed by atoms with van der Waals surface area (Å²) in [5.41, 5.74) is 1.31. The topological polar surface area (TPSA) is 92.6 Å². The van der Waals surface area contributed by atoms with Crippen LogP contribution in [0.2, 0.25) is 5.02 Å². The molecule has 186 valence electrons. The van der Waals surface area contributed by atoms with Gasteiger partial charge in [-0.05, 0) is 37.8 Å². The summed E-state index contributed by atoms with van der Waals surface area (Å²) in [6, 6.07) is 16.3. The number of amides is 1. The van der Waals surface area contributed by atoms with Crippen molar-refractivity contribution in [3.05, 3.63) is 81.2 Å². The quantitative estimate of drug-likeness (QED) is 0.376. The molecule has 0 radical (unpaired) electrons. The number of hydrogen-bond donors (Lipinski definition) is 1. The van der Waals surface area contributed by atoms with Gasteiger partial charge in [0.2, 0.25) is 0 Å². The molecule has 0 bridgehead atoms.